The molecule has 4 nitrogen and oxygen atoms in total. The molecule has 1 aliphatic rings. The summed E-state index contributed by atoms with van der Waals surface area (Å²) in [5.41, 5.74) is 5.64. The molecule has 3 N–H and O–H groups in total. The fourth-order valence-corrected chi connectivity index (χ4v) is 1.66. The van der Waals surface area contributed by atoms with Crippen molar-refractivity contribution in [1.29, 1.82) is 0 Å². The van der Waals surface area contributed by atoms with Crippen LogP contribution >= 0.6 is 0 Å². The SMILES string of the molecule is CCOC(=O)[C@@H]1CC[C@@H](O)[C@H](N)C1. The van der Waals surface area contributed by atoms with Crippen LogP contribution in [0.15, 0.2) is 0 Å². The van der Waals surface area contributed by atoms with Crippen LogP contribution in [-0.2, 0) is 9.53 Å². The van der Waals surface area contributed by atoms with E-state index in [2.05, 4.69) is 0 Å². The summed E-state index contributed by atoms with van der Waals surface area (Å²) in [5, 5.41) is 9.33. The van der Waals surface area contributed by atoms with E-state index in [0.717, 1.165) is 0 Å². The van der Waals surface area contributed by atoms with E-state index in [9.17, 15) is 9.90 Å². The van der Waals surface area contributed by atoms with Gasteiger partial charge < -0.3 is 15.6 Å². The molecular formula is C9H17NO3. The molecule has 0 unspecified atom stereocenters. The summed E-state index contributed by atoms with van der Waals surface area (Å²) in [6.07, 6.45) is 1.38. The fourth-order valence-electron chi connectivity index (χ4n) is 1.66. The molecule has 0 radical (unpaired) electrons. The zero-order valence-corrected chi connectivity index (χ0v) is 7.90. The molecule has 1 saturated carbocycles. The fraction of sp³-hybridized carbons (Fsp3) is 0.889. The van der Waals surface area contributed by atoms with Gasteiger partial charge >= 0.3 is 5.97 Å². The first-order valence-electron chi connectivity index (χ1n) is 4.75. The summed E-state index contributed by atoms with van der Waals surface area (Å²) < 4.78 is 4.89. The Morgan fingerprint density at radius 2 is 2.31 bits per heavy atom. The Morgan fingerprint density at radius 3 is 2.85 bits per heavy atom. The number of ether oxygens (including phenoxy) is 1. The van der Waals surface area contributed by atoms with Gasteiger partial charge in [0, 0.05) is 6.04 Å². The highest BCUT2D eigenvalue weighted by molar-refractivity contribution is 5.72. The molecule has 0 amide bonds. The predicted octanol–water partition coefficient (Wildman–Crippen LogP) is 0.0378. The van der Waals surface area contributed by atoms with E-state index < -0.39 is 6.10 Å². The van der Waals surface area contributed by atoms with Gasteiger partial charge in [-0.2, -0.15) is 0 Å². The van der Waals surface area contributed by atoms with Crippen LogP contribution < -0.4 is 5.73 Å². The van der Waals surface area contributed by atoms with E-state index in [4.69, 9.17) is 10.5 Å². The smallest absolute Gasteiger partial charge is 0.308 e. The first-order valence-corrected chi connectivity index (χ1v) is 4.75. The average molecular weight is 187 g/mol. The van der Waals surface area contributed by atoms with Crippen molar-refractivity contribution in [1.82, 2.24) is 0 Å². The van der Waals surface area contributed by atoms with Gasteiger partial charge in [0.1, 0.15) is 0 Å². The zero-order valence-electron chi connectivity index (χ0n) is 7.90. The number of carbonyl (C=O) groups is 1. The maximum absolute atomic E-state index is 11.3. The Kier molecular flexibility index (Phi) is 3.69. The number of aliphatic hydroxyl groups excluding tert-OH is 1. The first kappa shape index (κ1) is 10.5. The second-order valence-electron chi connectivity index (χ2n) is 3.49. The zero-order chi connectivity index (χ0) is 9.84. The van der Waals surface area contributed by atoms with Crippen molar-refractivity contribution in [2.24, 2.45) is 11.7 Å². The van der Waals surface area contributed by atoms with E-state index in [1.165, 1.54) is 0 Å². The minimum absolute atomic E-state index is 0.113. The summed E-state index contributed by atoms with van der Waals surface area (Å²) in [6, 6.07) is -0.275. The number of hydrogen-bond donors (Lipinski definition) is 2. The highest BCUT2D eigenvalue weighted by atomic mass is 16.5. The van der Waals surface area contributed by atoms with E-state index >= 15 is 0 Å². The highest BCUT2D eigenvalue weighted by Gasteiger charge is 2.31. The summed E-state index contributed by atoms with van der Waals surface area (Å²) >= 11 is 0. The maximum Gasteiger partial charge on any atom is 0.308 e. The van der Waals surface area contributed by atoms with Crippen LogP contribution in [0.5, 0.6) is 0 Å². The molecule has 1 rings (SSSR count). The second kappa shape index (κ2) is 4.58. The van der Waals surface area contributed by atoms with Crippen LogP contribution in [0.4, 0.5) is 0 Å². The Balaban J connectivity index is 2.40. The van der Waals surface area contributed by atoms with Crippen LogP contribution in [-0.4, -0.2) is 29.8 Å². The van der Waals surface area contributed by atoms with Crippen LogP contribution in [0, 0.1) is 5.92 Å². The topological polar surface area (TPSA) is 72.5 Å². The van der Waals surface area contributed by atoms with Crippen molar-refractivity contribution >= 4 is 5.97 Å². The first-order chi connectivity index (χ1) is 6.15. The van der Waals surface area contributed by atoms with Crippen molar-refractivity contribution in [3.8, 4) is 0 Å². The predicted molar refractivity (Wildman–Crippen MR) is 48.0 cm³/mol. The molecule has 0 saturated heterocycles. The minimum atomic E-state index is -0.453. The normalized spacial score (nSPS) is 34.2. The van der Waals surface area contributed by atoms with E-state index in [-0.39, 0.29) is 17.9 Å². The lowest BCUT2D eigenvalue weighted by Crippen LogP contribution is -2.42. The van der Waals surface area contributed by atoms with Crippen molar-refractivity contribution in [2.45, 2.75) is 38.3 Å². The molecule has 13 heavy (non-hydrogen) atoms. The van der Waals surface area contributed by atoms with Gasteiger partial charge in [-0.25, -0.2) is 0 Å². The monoisotopic (exact) mass is 187 g/mol. The van der Waals surface area contributed by atoms with Gasteiger partial charge in [-0.3, -0.25) is 4.79 Å². The van der Waals surface area contributed by atoms with Gasteiger partial charge in [-0.1, -0.05) is 0 Å². The van der Waals surface area contributed by atoms with Crippen molar-refractivity contribution < 1.29 is 14.6 Å². The van der Waals surface area contributed by atoms with Gasteiger partial charge in [0.25, 0.3) is 0 Å². The minimum Gasteiger partial charge on any atom is -0.466 e. The average Bonchev–Trinajstić information content (AvgIpc) is 2.10. The molecule has 0 bridgehead atoms. The van der Waals surface area contributed by atoms with Crippen LogP contribution in [0.3, 0.4) is 0 Å². The third-order valence-electron chi connectivity index (χ3n) is 2.48. The van der Waals surface area contributed by atoms with E-state index in [1.807, 2.05) is 0 Å². The van der Waals surface area contributed by atoms with Crippen LogP contribution in [0.2, 0.25) is 0 Å². The molecule has 4 heteroatoms. The van der Waals surface area contributed by atoms with Crippen molar-refractivity contribution in [3.05, 3.63) is 0 Å². The number of carbonyl (C=O) groups excluding carboxylic acids is 1. The van der Waals surface area contributed by atoms with Gasteiger partial charge in [0.15, 0.2) is 0 Å². The quantitative estimate of drug-likeness (QED) is 0.598. The lowest BCUT2D eigenvalue weighted by molar-refractivity contribution is -0.150. The summed E-state index contributed by atoms with van der Waals surface area (Å²) in [5.74, 6) is -0.289. The third-order valence-corrected chi connectivity index (χ3v) is 2.48. The number of esters is 1. The molecule has 0 aromatic heterocycles. The molecule has 76 valence electrons. The van der Waals surface area contributed by atoms with Crippen molar-refractivity contribution in [2.75, 3.05) is 6.61 Å². The summed E-state index contributed by atoms with van der Waals surface area (Å²) in [6.45, 7) is 2.20. The molecule has 0 aromatic carbocycles. The summed E-state index contributed by atoms with van der Waals surface area (Å²) in [7, 11) is 0. The Hall–Kier alpha value is -0.610. The van der Waals surface area contributed by atoms with Gasteiger partial charge in [-0.05, 0) is 26.2 Å². The van der Waals surface area contributed by atoms with E-state index in [0.29, 0.717) is 25.9 Å². The molecule has 1 fully saturated rings. The number of rotatable bonds is 2. The maximum atomic E-state index is 11.3. The van der Waals surface area contributed by atoms with Crippen LogP contribution in [0.1, 0.15) is 26.2 Å². The van der Waals surface area contributed by atoms with Gasteiger partial charge in [0.05, 0.1) is 18.6 Å². The summed E-state index contributed by atoms with van der Waals surface area (Å²) in [4.78, 5) is 11.3. The lowest BCUT2D eigenvalue weighted by Gasteiger charge is -2.29. The molecule has 3 atom stereocenters. The third kappa shape index (κ3) is 2.67. The molecule has 0 spiro atoms. The number of nitrogens with two attached hydrogens (primary N) is 1. The second-order valence-corrected chi connectivity index (χ2v) is 3.49. The lowest BCUT2D eigenvalue weighted by atomic mass is 9.84. The largest absolute Gasteiger partial charge is 0.466 e. The Bertz CT molecular complexity index is 184. The van der Waals surface area contributed by atoms with Gasteiger partial charge in [0.2, 0.25) is 0 Å². The van der Waals surface area contributed by atoms with Gasteiger partial charge in [-0.15, -0.1) is 0 Å². The number of aliphatic hydroxyl groups is 1. The molecule has 0 aromatic rings. The Labute approximate surface area is 78.1 Å². The molecular weight excluding hydrogens is 170 g/mol. The number of hydrogen-bond acceptors (Lipinski definition) is 4. The molecule has 0 heterocycles. The molecule has 1 aliphatic carbocycles. The Morgan fingerprint density at radius 1 is 1.62 bits per heavy atom. The van der Waals surface area contributed by atoms with Crippen molar-refractivity contribution in [3.63, 3.8) is 0 Å². The molecule has 0 aliphatic heterocycles. The van der Waals surface area contributed by atoms with Crippen LogP contribution in [0.25, 0.3) is 0 Å². The van der Waals surface area contributed by atoms with E-state index in [1.54, 1.807) is 6.92 Å². The highest BCUT2D eigenvalue weighted by Crippen LogP contribution is 2.24. The standard InChI is InChI=1S/C9H17NO3/c1-2-13-9(12)6-3-4-8(11)7(10)5-6/h6-8,11H,2-5,10H2,1H3/t6-,7-,8-/m1/s1.